The van der Waals surface area contributed by atoms with Gasteiger partial charge in [-0.3, -0.25) is 0 Å². The van der Waals surface area contributed by atoms with Crippen molar-refractivity contribution in [3.63, 3.8) is 0 Å². The molecule has 15 heavy (non-hydrogen) atoms. The lowest BCUT2D eigenvalue weighted by Crippen LogP contribution is -2.53. The van der Waals surface area contributed by atoms with Gasteiger partial charge in [-0.25, -0.2) is 9.59 Å². The van der Waals surface area contributed by atoms with Crippen LogP contribution in [0.25, 0.3) is 0 Å². The van der Waals surface area contributed by atoms with E-state index in [2.05, 4.69) is 4.74 Å². The minimum Gasteiger partial charge on any atom is -0.464 e. The van der Waals surface area contributed by atoms with Crippen molar-refractivity contribution in [2.24, 2.45) is 0 Å². The summed E-state index contributed by atoms with van der Waals surface area (Å²) < 4.78 is 40.9. The van der Waals surface area contributed by atoms with Crippen molar-refractivity contribution in [3.05, 3.63) is 0 Å². The Morgan fingerprint density at radius 2 is 1.93 bits per heavy atom. The molecular weight excluding hydrogens is 217 g/mol. The summed E-state index contributed by atoms with van der Waals surface area (Å²) in [6, 6.07) is -3.75. The monoisotopic (exact) mass is 228 g/mol. The minimum atomic E-state index is -4.88. The van der Waals surface area contributed by atoms with Crippen LogP contribution in [0.4, 0.5) is 18.0 Å². The fourth-order valence-corrected chi connectivity index (χ4v) is 0.703. The Morgan fingerprint density at radius 1 is 1.40 bits per heavy atom. The van der Waals surface area contributed by atoms with Gasteiger partial charge in [0.15, 0.2) is 0 Å². The number of hydrogen-bond acceptors (Lipinski definition) is 3. The van der Waals surface area contributed by atoms with Crippen molar-refractivity contribution in [2.45, 2.75) is 19.1 Å². The Hall–Kier alpha value is -1.47. The van der Waals surface area contributed by atoms with Crippen LogP contribution < -0.4 is 10.6 Å². The molecule has 2 N–H and O–H groups in total. The normalized spacial score (nSPS) is 12.9. The molecule has 8 heteroatoms. The number of nitrogens with one attached hydrogen (secondary N) is 2. The summed E-state index contributed by atoms with van der Waals surface area (Å²) in [5.41, 5.74) is 0. The SMILES string of the molecule is CCOC(=O)[C@H](NC(=O)NC)C(F)(F)F. The van der Waals surface area contributed by atoms with E-state index in [1.165, 1.54) is 12.2 Å². The largest absolute Gasteiger partial charge is 0.464 e. The molecule has 0 fully saturated rings. The van der Waals surface area contributed by atoms with Crippen LogP contribution in [0, 0.1) is 0 Å². The maximum atomic E-state index is 12.2. The van der Waals surface area contributed by atoms with Gasteiger partial charge < -0.3 is 15.4 Å². The Bertz CT molecular complexity index is 242. The van der Waals surface area contributed by atoms with Gasteiger partial charge in [-0.05, 0) is 6.92 Å². The number of rotatable bonds is 3. The molecule has 1 atom stereocenters. The highest BCUT2D eigenvalue weighted by atomic mass is 19.4. The maximum Gasteiger partial charge on any atom is 0.419 e. The molecule has 0 unspecified atom stereocenters. The van der Waals surface area contributed by atoms with Crippen LogP contribution in [0.1, 0.15) is 6.92 Å². The molecule has 0 saturated heterocycles. The highest BCUT2D eigenvalue weighted by Crippen LogP contribution is 2.21. The van der Waals surface area contributed by atoms with Crippen molar-refractivity contribution < 1.29 is 27.5 Å². The summed E-state index contributed by atoms with van der Waals surface area (Å²) in [6.07, 6.45) is -4.88. The van der Waals surface area contributed by atoms with Crippen LogP contribution in [-0.4, -0.2) is 37.9 Å². The van der Waals surface area contributed by atoms with Crippen LogP contribution >= 0.6 is 0 Å². The number of ether oxygens (including phenoxy) is 1. The van der Waals surface area contributed by atoms with Gasteiger partial charge in [0.25, 0.3) is 0 Å². The molecule has 0 aliphatic heterocycles. The zero-order valence-corrected chi connectivity index (χ0v) is 8.14. The van der Waals surface area contributed by atoms with Crippen molar-refractivity contribution in [3.8, 4) is 0 Å². The molecule has 0 rings (SSSR count). The first kappa shape index (κ1) is 13.5. The molecule has 0 aromatic carbocycles. The molecule has 0 radical (unpaired) electrons. The van der Waals surface area contributed by atoms with Gasteiger partial charge in [0.1, 0.15) is 0 Å². The predicted octanol–water partition coefficient (Wildman–Crippen LogP) is 0.409. The van der Waals surface area contributed by atoms with E-state index in [-0.39, 0.29) is 6.61 Å². The van der Waals surface area contributed by atoms with Crippen molar-refractivity contribution in [2.75, 3.05) is 13.7 Å². The first-order valence-corrected chi connectivity index (χ1v) is 4.04. The summed E-state index contributed by atoms with van der Waals surface area (Å²) >= 11 is 0. The second kappa shape index (κ2) is 5.42. The van der Waals surface area contributed by atoms with Crippen LogP contribution in [0.3, 0.4) is 0 Å². The van der Waals surface area contributed by atoms with E-state index in [1.807, 2.05) is 5.32 Å². The van der Waals surface area contributed by atoms with E-state index in [1.54, 1.807) is 0 Å². The fraction of sp³-hybridized carbons (Fsp3) is 0.714. The van der Waals surface area contributed by atoms with Gasteiger partial charge in [0.2, 0.25) is 6.04 Å². The predicted molar refractivity (Wildman–Crippen MR) is 44.1 cm³/mol. The number of amides is 2. The maximum absolute atomic E-state index is 12.2. The molecule has 0 saturated carbocycles. The van der Waals surface area contributed by atoms with Crippen LogP contribution in [0.5, 0.6) is 0 Å². The molecule has 0 spiro atoms. The molecule has 5 nitrogen and oxygen atoms in total. The zero-order chi connectivity index (χ0) is 12.1. The molecule has 88 valence electrons. The number of esters is 1. The van der Waals surface area contributed by atoms with E-state index in [0.717, 1.165) is 7.05 Å². The van der Waals surface area contributed by atoms with Gasteiger partial charge in [-0.2, -0.15) is 13.2 Å². The quantitative estimate of drug-likeness (QED) is 0.687. The molecule has 0 aromatic heterocycles. The van der Waals surface area contributed by atoms with Gasteiger partial charge in [0.05, 0.1) is 6.61 Å². The summed E-state index contributed by atoms with van der Waals surface area (Å²) in [4.78, 5) is 21.5. The third kappa shape index (κ3) is 4.52. The van der Waals surface area contributed by atoms with E-state index in [4.69, 9.17) is 0 Å². The lowest BCUT2D eigenvalue weighted by atomic mass is 10.3. The standard InChI is InChI=1S/C7H11F3N2O3/c1-3-15-5(13)4(7(8,9)10)12-6(14)11-2/h4H,3H2,1-2H3,(H2,11,12,14)/t4-/m0/s1. The number of urea groups is 1. The zero-order valence-electron chi connectivity index (χ0n) is 8.14. The highest BCUT2D eigenvalue weighted by molar-refractivity contribution is 5.84. The summed E-state index contributed by atoms with van der Waals surface area (Å²) in [7, 11) is 1.13. The van der Waals surface area contributed by atoms with Gasteiger partial charge in [0, 0.05) is 7.05 Å². The molecule has 2 amide bonds. The molecule has 0 heterocycles. The summed E-state index contributed by atoms with van der Waals surface area (Å²) in [5.74, 6) is -1.53. The van der Waals surface area contributed by atoms with Gasteiger partial charge in [-0.15, -0.1) is 0 Å². The first-order chi connectivity index (χ1) is 6.82. The Balaban J connectivity index is 4.59. The molecule has 0 aliphatic carbocycles. The van der Waals surface area contributed by atoms with Crippen LogP contribution in [-0.2, 0) is 9.53 Å². The summed E-state index contributed by atoms with van der Waals surface area (Å²) in [6.45, 7) is 1.17. The molecule has 0 aliphatic rings. The van der Waals surface area contributed by atoms with Crippen molar-refractivity contribution >= 4 is 12.0 Å². The third-order valence-corrected chi connectivity index (χ3v) is 1.35. The Kier molecular flexibility index (Phi) is 4.89. The van der Waals surface area contributed by atoms with Crippen LogP contribution in [0.2, 0.25) is 0 Å². The van der Waals surface area contributed by atoms with E-state index < -0.39 is 24.2 Å². The Labute approximate surface area is 84.0 Å². The fourth-order valence-electron chi connectivity index (χ4n) is 0.703. The number of alkyl halides is 3. The highest BCUT2D eigenvalue weighted by Gasteiger charge is 2.47. The summed E-state index contributed by atoms with van der Waals surface area (Å²) in [5, 5.41) is 3.35. The third-order valence-electron chi connectivity index (χ3n) is 1.35. The Morgan fingerprint density at radius 3 is 2.27 bits per heavy atom. The second-order valence-corrected chi connectivity index (χ2v) is 2.45. The van der Waals surface area contributed by atoms with Gasteiger partial charge >= 0.3 is 18.2 Å². The van der Waals surface area contributed by atoms with Crippen LogP contribution in [0.15, 0.2) is 0 Å². The average molecular weight is 228 g/mol. The number of carbonyl (C=O) groups excluding carboxylic acids is 2. The first-order valence-electron chi connectivity index (χ1n) is 4.04. The number of hydrogen-bond donors (Lipinski definition) is 2. The topological polar surface area (TPSA) is 67.4 Å². The minimum absolute atomic E-state index is 0.194. The van der Waals surface area contributed by atoms with E-state index in [9.17, 15) is 22.8 Å². The van der Waals surface area contributed by atoms with Crippen molar-refractivity contribution in [1.82, 2.24) is 10.6 Å². The average Bonchev–Trinajstić information content (AvgIpc) is 2.12. The number of carbonyl (C=O) groups is 2. The number of halogens is 3. The lowest BCUT2D eigenvalue weighted by molar-refractivity contribution is -0.182. The molecule has 0 bridgehead atoms. The second-order valence-electron chi connectivity index (χ2n) is 2.45. The molecular formula is C7H11F3N2O3. The molecule has 0 aromatic rings. The van der Waals surface area contributed by atoms with E-state index >= 15 is 0 Å². The van der Waals surface area contributed by atoms with Crippen molar-refractivity contribution in [1.29, 1.82) is 0 Å². The van der Waals surface area contributed by atoms with E-state index in [0.29, 0.717) is 0 Å². The van der Waals surface area contributed by atoms with Gasteiger partial charge in [-0.1, -0.05) is 0 Å². The smallest absolute Gasteiger partial charge is 0.419 e. The lowest BCUT2D eigenvalue weighted by Gasteiger charge is -2.19.